The van der Waals surface area contributed by atoms with E-state index >= 15 is 0 Å². The fourth-order valence-electron chi connectivity index (χ4n) is 4.32. The Kier molecular flexibility index (Phi) is 6.01. The first-order chi connectivity index (χ1) is 14.5. The van der Waals surface area contributed by atoms with Crippen LogP contribution < -0.4 is 0 Å². The number of rotatable bonds is 6. The lowest BCUT2D eigenvalue weighted by Crippen LogP contribution is -2.49. The highest BCUT2D eigenvalue weighted by Gasteiger charge is 2.31. The summed E-state index contributed by atoms with van der Waals surface area (Å²) in [5.74, 6) is -0.860. The van der Waals surface area contributed by atoms with E-state index in [2.05, 4.69) is 24.3 Å². The highest BCUT2D eigenvalue weighted by atomic mass is 16.6. The maximum absolute atomic E-state index is 12.7. The number of carboxylic acids is 1. The number of carboxylic acid groups (broad SMARTS) is 1. The lowest BCUT2D eigenvalue weighted by atomic mass is 9.98. The quantitative estimate of drug-likeness (QED) is 0.789. The van der Waals surface area contributed by atoms with Crippen LogP contribution in [-0.2, 0) is 14.3 Å². The monoisotopic (exact) mass is 410 g/mol. The Balaban J connectivity index is 1.37. The van der Waals surface area contributed by atoms with Gasteiger partial charge in [0.2, 0.25) is 0 Å². The summed E-state index contributed by atoms with van der Waals surface area (Å²) in [6, 6.07) is 16.5. The van der Waals surface area contributed by atoms with Crippen LogP contribution in [0, 0.1) is 0 Å². The molecule has 0 bridgehead atoms. The predicted octanol–water partition coefficient (Wildman–Crippen LogP) is 2.65. The molecule has 4 rings (SSSR count). The third-order valence-corrected chi connectivity index (χ3v) is 5.65. The molecular formula is C23H26N2O5. The van der Waals surface area contributed by atoms with Crippen LogP contribution in [0.3, 0.4) is 0 Å². The summed E-state index contributed by atoms with van der Waals surface area (Å²) in [5.41, 5.74) is 4.76. The number of carbonyl (C=O) groups is 2. The van der Waals surface area contributed by atoms with Crippen molar-refractivity contribution in [3.05, 3.63) is 59.7 Å². The molecular weight excluding hydrogens is 384 g/mol. The molecule has 1 unspecified atom stereocenters. The predicted molar refractivity (Wildman–Crippen MR) is 112 cm³/mol. The van der Waals surface area contributed by atoms with Gasteiger partial charge in [-0.15, -0.1) is 0 Å². The smallest absolute Gasteiger partial charge is 0.409 e. The van der Waals surface area contributed by atoms with Crippen molar-refractivity contribution in [2.24, 2.45) is 0 Å². The van der Waals surface area contributed by atoms with Gasteiger partial charge in [-0.05, 0) is 29.3 Å². The van der Waals surface area contributed by atoms with Crippen molar-refractivity contribution in [1.29, 1.82) is 0 Å². The van der Waals surface area contributed by atoms with Crippen LogP contribution in [0.5, 0.6) is 0 Å². The van der Waals surface area contributed by atoms with Gasteiger partial charge in [0.1, 0.15) is 6.61 Å². The number of nitrogens with zero attached hydrogens (tertiary/aromatic N) is 2. The number of benzene rings is 2. The molecule has 1 N–H and O–H groups in total. The second kappa shape index (κ2) is 8.85. The van der Waals surface area contributed by atoms with E-state index < -0.39 is 5.97 Å². The zero-order chi connectivity index (χ0) is 21.1. The van der Waals surface area contributed by atoms with E-state index in [1.807, 2.05) is 24.3 Å². The normalized spacial score (nSPS) is 18.2. The molecule has 7 heteroatoms. The van der Waals surface area contributed by atoms with Gasteiger partial charge in [0, 0.05) is 19.0 Å². The lowest BCUT2D eigenvalue weighted by Gasteiger charge is -2.34. The minimum Gasteiger partial charge on any atom is -0.480 e. The van der Waals surface area contributed by atoms with Gasteiger partial charge in [0.15, 0.2) is 0 Å². The first kappa shape index (κ1) is 20.4. The Labute approximate surface area is 175 Å². The van der Waals surface area contributed by atoms with E-state index in [4.69, 9.17) is 14.6 Å². The van der Waals surface area contributed by atoms with Crippen LogP contribution >= 0.6 is 0 Å². The Hall–Kier alpha value is -2.90. The van der Waals surface area contributed by atoms with E-state index in [1.165, 1.54) is 22.3 Å². The average molecular weight is 410 g/mol. The minimum atomic E-state index is -0.887. The summed E-state index contributed by atoms with van der Waals surface area (Å²) in [7, 11) is 1.73. The van der Waals surface area contributed by atoms with Crippen molar-refractivity contribution < 1.29 is 24.2 Å². The van der Waals surface area contributed by atoms with Gasteiger partial charge in [0.25, 0.3) is 0 Å². The molecule has 2 aromatic rings. The molecule has 30 heavy (non-hydrogen) atoms. The van der Waals surface area contributed by atoms with Gasteiger partial charge < -0.3 is 19.5 Å². The van der Waals surface area contributed by atoms with Gasteiger partial charge in [-0.25, -0.2) is 4.79 Å². The standard InChI is InChI=1S/C23H26N2O5/c1-24(14-22(26)27)12-16-13-25(10-11-29-16)23(28)30-15-21-19-8-4-2-6-17(19)18-7-3-5-9-20(18)21/h2-9,16,21H,10-15H2,1H3,(H,26,27). The molecule has 2 aromatic carbocycles. The van der Waals surface area contributed by atoms with E-state index in [0.717, 1.165) is 0 Å². The Bertz CT molecular complexity index is 886. The van der Waals surface area contributed by atoms with Gasteiger partial charge in [0.05, 0.1) is 25.8 Å². The second-order valence-electron chi connectivity index (χ2n) is 7.83. The fraction of sp³-hybridized carbons (Fsp3) is 0.391. The van der Waals surface area contributed by atoms with E-state index in [1.54, 1.807) is 16.8 Å². The largest absolute Gasteiger partial charge is 0.480 e. The number of hydrogen-bond acceptors (Lipinski definition) is 5. The third-order valence-electron chi connectivity index (χ3n) is 5.65. The van der Waals surface area contributed by atoms with Crippen molar-refractivity contribution >= 4 is 12.1 Å². The summed E-state index contributed by atoms with van der Waals surface area (Å²) in [5, 5.41) is 8.90. The van der Waals surface area contributed by atoms with Crippen LogP contribution in [0.1, 0.15) is 17.0 Å². The zero-order valence-electron chi connectivity index (χ0n) is 17.0. The molecule has 0 radical (unpaired) electrons. The van der Waals surface area contributed by atoms with E-state index in [9.17, 15) is 9.59 Å². The summed E-state index contributed by atoms with van der Waals surface area (Å²) in [4.78, 5) is 26.9. The molecule has 0 spiro atoms. The number of aliphatic carboxylic acids is 1. The zero-order valence-corrected chi connectivity index (χ0v) is 17.0. The van der Waals surface area contributed by atoms with Crippen molar-refractivity contribution in [2.45, 2.75) is 12.0 Å². The molecule has 2 aliphatic rings. The number of ether oxygens (including phenoxy) is 2. The SMILES string of the molecule is CN(CC(=O)O)CC1CN(C(=O)OCC2c3ccccc3-c3ccccc32)CCO1. The first-order valence-corrected chi connectivity index (χ1v) is 10.1. The van der Waals surface area contributed by atoms with Crippen molar-refractivity contribution in [1.82, 2.24) is 9.80 Å². The number of carbonyl (C=O) groups excluding carboxylic acids is 1. The third kappa shape index (κ3) is 4.32. The van der Waals surface area contributed by atoms with Gasteiger partial charge in [-0.2, -0.15) is 0 Å². The van der Waals surface area contributed by atoms with Crippen molar-refractivity contribution in [3.63, 3.8) is 0 Å². The minimum absolute atomic E-state index is 0.0277. The number of morpholine rings is 1. The van der Waals surface area contributed by atoms with Crippen LogP contribution in [0.4, 0.5) is 4.79 Å². The van der Waals surface area contributed by atoms with E-state index in [0.29, 0.717) is 26.2 Å². The molecule has 1 saturated heterocycles. The first-order valence-electron chi connectivity index (χ1n) is 10.1. The Morgan fingerprint density at radius 3 is 2.40 bits per heavy atom. The van der Waals surface area contributed by atoms with Crippen molar-refractivity contribution in [3.8, 4) is 11.1 Å². The molecule has 158 valence electrons. The Morgan fingerprint density at radius 1 is 1.13 bits per heavy atom. The molecule has 1 amide bonds. The van der Waals surface area contributed by atoms with Crippen LogP contribution in [0.2, 0.25) is 0 Å². The van der Waals surface area contributed by atoms with E-state index in [-0.39, 0.29) is 31.3 Å². The molecule has 1 aliphatic carbocycles. The van der Waals surface area contributed by atoms with Crippen LogP contribution in [0.25, 0.3) is 11.1 Å². The summed E-state index contributed by atoms with van der Waals surface area (Å²) in [6.45, 7) is 1.93. The molecule has 1 aliphatic heterocycles. The lowest BCUT2D eigenvalue weighted by molar-refractivity contribution is -0.138. The molecule has 0 aromatic heterocycles. The number of hydrogen-bond donors (Lipinski definition) is 1. The Morgan fingerprint density at radius 2 is 1.77 bits per heavy atom. The molecule has 7 nitrogen and oxygen atoms in total. The average Bonchev–Trinajstić information content (AvgIpc) is 3.05. The summed E-state index contributed by atoms with van der Waals surface area (Å²) >= 11 is 0. The number of amides is 1. The second-order valence-corrected chi connectivity index (χ2v) is 7.83. The summed E-state index contributed by atoms with van der Waals surface area (Å²) < 4.78 is 11.4. The fourth-order valence-corrected chi connectivity index (χ4v) is 4.32. The summed E-state index contributed by atoms with van der Waals surface area (Å²) in [6.07, 6.45) is -0.588. The number of fused-ring (bicyclic) bond motifs is 3. The van der Waals surface area contributed by atoms with Crippen LogP contribution in [0.15, 0.2) is 48.5 Å². The van der Waals surface area contributed by atoms with Gasteiger partial charge in [-0.1, -0.05) is 48.5 Å². The molecule has 1 atom stereocenters. The maximum atomic E-state index is 12.7. The molecule has 0 saturated carbocycles. The van der Waals surface area contributed by atoms with Crippen molar-refractivity contribution in [2.75, 3.05) is 46.4 Å². The van der Waals surface area contributed by atoms with Crippen LogP contribution in [-0.4, -0.2) is 79.5 Å². The highest BCUT2D eigenvalue weighted by molar-refractivity contribution is 5.79. The molecule has 1 fully saturated rings. The maximum Gasteiger partial charge on any atom is 0.409 e. The highest BCUT2D eigenvalue weighted by Crippen LogP contribution is 2.44. The number of likely N-dealkylation sites (N-methyl/N-ethyl adjacent to an activating group) is 1. The molecule has 1 heterocycles. The van der Waals surface area contributed by atoms with Gasteiger partial charge in [-0.3, -0.25) is 9.69 Å². The van der Waals surface area contributed by atoms with Gasteiger partial charge >= 0.3 is 12.1 Å². The topological polar surface area (TPSA) is 79.3 Å².